The molecule has 0 fully saturated rings. The second-order valence-corrected chi connectivity index (χ2v) is 7.52. The number of amides is 1. The molecule has 0 aliphatic rings. The number of carbonyl (C=O) groups is 1. The maximum atomic E-state index is 13.8. The highest BCUT2D eigenvalue weighted by Gasteiger charge is 2.31. The largest absolute Gasteiger partial charge is 0.416 e. The number of aromatic nitrogens is 2. The second kappa shape index (κ2) is 9.72. The van der Waals surface area contributed by atoms with E-state index in [0.717, 1.165) is 22.8 Å². The van der Waals surface area contributed by atoms with Crippen molar-refractivity contribution in [2.75, 3.05) is 11.9 Å². The molecule has 0 aliphatic heterocycles. The van der Waals surface area contributed by atoms with Crippen molar-refractivity contribution >= 4 is 23.2 Å². The van der Waals surface area contributed by atoms with Gasteiger partial charge in [-0.3, -0.25) is 14.2 Å². The van der Waals surface area contributed by atoms with E-state index in [9.17, 15) is 32.3 Å². The zero-order valence-electron chi connectivity index (χ0n) is 17.2. The van der Waals surface area contributed by atoms with Crippen LogP contribution in [-0.4, -0.2) is 27.2 Å². The minimum absolute atomic E-state index is 0.0102. The number of halogens is 5. The number of aliphatic hydroxyl groups is 1. The average Bonchev–Trinajstić information content (AvgIpc) is 2.73. The van der Waals surface area contributed by atoms with Crippen molar-refractivity contribution in [3.05, 3.63) is 80.5 Å². The SMILES string of the molecule is Cc1nc(-c2cccc(F)c2)n(CC(=O)Nc2cc(C(F)(F)F)ccc2Cl)c(=O)c1CCO. The van der Waals surface area contributed by atoms with Gasteiger partial charge in [-0.2, -0.15) is 13.2 Å². The Labute approximate surface area is 190 Å². The first-order chi connectivity index (χ1) is 15.5. The molecule has 33 heavy (non-hydrogen) atoms. The topological polar surface area (TPSA) is 84.2 Å². The number of aryl methyl sites for hydroxylation is 1. The lowest BCUT2D eigenvalue weighted by atomic mass is 10.1. The summed E-state index contributed by atoms with van der Waals surface area (Å²) in [7, 11) is 0. The fraction of sp³-hybridized carbons (Fsp3) is 0.227. The summed E-state index contributed by atoms with van der Waals surface area (Å²) in [4.78, 5) is 30.1. The van der Waals surface area contributed by atoms with Gasteiger partial charge in [0.2, 0.25) is 5.91 Å². The van der Waals surface area contributed by atoms with Crippen LogP contribution < -0.4 is 10.9 Å². The van der Waals surface area contributed by atoms with Crippen molar-refractivity contribution in [1.29, 1.82) is 0 Å². The van der Waals surface area contributed by atoms with Gasteiger partial charge < -0.3 is 10.4 Å². The molecule has 0 radical (unpaired) electrons. The van der Waals surface area contributed by atoms with Crippen LogP contribution >= 0.6 is 11.6 Å². The number of benzene rings is 2. The maximum Gasteiger partial charge on any atom is 0.416 e. The second-order valence-electron chi connectivity index (χ2n) is 7.12. The van der Waals surface area contributed by atoms with E-state index in [1.54, 1.807) is 6.92 Å². The standard InChI is InChI=1S/C22H18ClF4N3O3/c1-12-16(7-8-31)21(33)30(20(28-12)13-3-2-4-15(24)9-13)11-19(32)29-18-10-14(22(25,26)27)5-6-17(18)23/h2-6,9-10,31H,7-8,11H2,1H3,(H,29,32). The van der Waals surface area contributed by atoms with Gasteiger partial charge in [-0.15, -0.1) is 0 Å². The number of nitrogens with zero attached hydrogens (tertiary/aromatic N) is 2. The van der Waals surface area contributed by atoms with Gasteiger partial charge in [-0.05, 0) is 37.3 Å². The fourth-order valence-electron chi connectivity index (χ4n) is 3.23. The Hall–Kier alpha value is -3.24. The third-order valence-corrected chi connectivity index (χ3v) is 5.11. The number of hydrogen-bond acceptors (Lipinski definition) is 4. The van der Waals surface area contributed by atoms with E-state index >= 15 is 0 Å². The summed E-state index contributed by atoms with van der Waals surface area (Å²) in [5.41, 5.74) is -1.26. The number of nitrogens with one attached hydrogen (secondary N) is 1. The van der Waals surface area contributed by atoms with Crippen LogP contribution in [-0.2, 0) is 23.9 Å². The smallest absolute Gasteiger partial charge is 0.396 e. The Kier molecular flexibility index (Phi) is 7.19. The van der Waals surface area contributed by atoms with Crippen LogP contribution in [0.15, 0.2) is 47.3 Å². The molecule has 174 valence electrons. The van der Waals surface area contributed by atoms with E-state index in [1.165, 1.54) is 18.2 Å². The molecule has 2 aromatic carbocycles. The van der Waals surface area contributed by atoms with Gasteiger partial charge >= 0.3 is 6.18 Å². The van der Waals surface area contributed by atoms with Crippen LogP contribution in [0.4, 0.5) is 23.2 Å². The van der Waals surface area contributed by atoms with Gasteiger partial charge in [0.25, 0.3) is 5.56 Å². The molecule has 1 amide bonds. The highest BCUT2D eigenvalue weighted by molar-refractivity contribution is 6.33. The van der Waals surface area contributed by atoms with E-state index in [1.807, 2.05) is 0 Å². The number of hydrogen-bond donors (Lipinski definition) is 2. The molecule has 1 heterocycles. The highest BCUT2D eigenvalue weighted by atomic mass is 35.5. The Morgan fingerprint density at radius 3 is 2.58 bits per heavy atom. The van der Waals surface area contributed by atoms with Gasteiger partial charge in [-0.25, -0.2) is 9.37 Å². The van der Waals surface area contributed by atoms with Crippen LogP contribution in [0, 0.1) is 12.7 Å². The molecule has 0 saturated carbocycles. The number of carbonyl (C=O) groups excluding carboxylic acids is 1. The third-order valence-electron chi connectivity index (χ3n) is 4.78. The summed E-state index contributed by atoms with van der Waals surface area (Å²) >= 11 is 5.92. The number of rotatable bonds is 6. The summed E-state index contributed by atoms with van der Waals surface area (Å²) in [5.74, 6) is -1.45. The molecule has 0 bridgehead atoms. The molecule has 2 N–H and O–H groups in total. The van der Waals surface area contributed by atoms with Crippen molar-refractivity contribution in [3.63, 3.8) is 0 Å². The van der Waals surface area contributed by atoms with Gasteiger partial charge in [0, 0.05) is 29.8 Å². The normalized spacial score (nSPS) is 11.5. The third kappa shape index (κ3) is 5.58. The summed E-state index contributed by atoms with van der Waals surface area (Å²) in [6.07, 6.45) is -4.67. The molecule has 0 spiro atoms. The Morgan fingerprint density at radius 2 is 1.94 bits per heavy atom. The molecule has 1 aromatic heterocycles. The summed E-state index contributed by atoms with van der Waals surface area (Å²) in [6, 6.07) is 7.68. The van der Waals surface area contributed by atoms with E-state index < -0.39 is 35.6 Å². The predicted molar refractivity (Wildman–Crippen MR) is 115 cm³/mol. The summed E-state index contributed by atoms with van der Waals surface area (Å²) < 4.78 is 53.8. The fourth-order valence-corrected chi connectivity index (χ4v) is 3.39. The number of anilines is 1. The Morgan fingerprint density at radius 1 is 1.21 bits per heavy atom. The molecule has 3 aromatic rings. The monoisotopic (exact) mass is 483 g/mol. The lowest BCUT2D eigenvalue weighted by Gasteiger charge is -2.16. The summed E-state index contributed by atoms with van der Waals surface area (Å²) in [5, 5.41) is 11.4. The van der Waals surface area contributed by atoms with Crippen LogP contribution in [0.1, 0.15) is 16.8 Å². The lowest BCUT2D eigenvalue weighted by Crippen LogP contribution is -2.33. The Balaban J connectivity index is 2.03. The van der Waals surface area contributed by atoms with Crippen molar-refractivity contribution in [2.24, 2.45) is 0 Å². The highest BCUT2D eigenvalue weighted by Crippen LogP contribution is 2.33. The molecular weight excluding hydrogens is 466 g/mol. The zero-order valence-corrected chi connectivity index (χ0v) is 18.0. The Bertz CT molecular complexity index is 1260. The van der Waals surface area contributed by atoms with Gasteiger partial charge in [0.15, 0.2) is 0 Å². The molecule has 11 heteroatoms. The van der Waals surface area contributed by atoms with Gasteiger partial charge in [-0.1, -0.05) is 23.7 Å². The lowest BCUT2D eigenvalue weighted by molar-refractivity contribution is -0.137. The quantitative estimate of drug-likeness (QED) is 0.515. The van der Waals surface area contributed by atoms with Gasteiger partial charge in [0.05, 0.1) is 16.3 Å². The van der Waals surface area contributed by atoms with Crippen molar-refractivity contribution in [2.45, 2.75) is 26.1 Å². The predicted octanol–water partition coefficient (Wildman–Crippen LogP) is 4.20. The maximum absolute atomic E-state index is 13.8. The first kappa shape index (κ1) is 24.4. The van der Waals surface area contributed by atoms with Crippen LogP contribution in [0.2, 0.25) is 5.02 Å². The van der Waals surface area contributed by atoms with Crippen LogP contribution in [0.5, 0.6) is 0 Å². The molecular formula is C22H18ClF4N3O3. The zero-order chi connectivity index (χ0) is 24.3. The molecule has 6 nitrogen and oxygen atoms in total. The minimum Gasteiger partial charge on any atom is -0.396 e. The molecule has 0 unspecified atom stereocenters. The van der Waals surface area contributed by atoms with Crippen LogP contribution in [0.3, 0.4) is 0 Å². The van der Waals surface area contributed by atoms with E-state index in [4.69, 9.17) is 11.6 Å². The first-order valence-electron chi connectivity index (χ1n) is 9.65. The van der Waals surface area contributed by atoms with E-state index in [0.29, 0.717) is 11.8 Å². The summed E-state index contributed by atoms with van der Waals surface area (Å²) in [6.45, 7) is 0.564. The number of alkyl halides is 3. The molecule has 0 atom stereocenters. The van der Waals surface area contributed by atoms with E-state index in [2.05, 4.69) is 10.3 Å². The average molecular weight is 484 g/mol. The molecule has 0 saturated heterocycles. The van der Waals surface area contributed by atoms with Crippen LogP contribution in [0.25, 0.3) is 11.4 Å². The molecule has 3 rings (SSSR count). The van der Waals surface area contributed by atoms with Gasteiger partial charge in [0.1, 0.15) is 18.2 Å². The van der Waals surface area contributed by atoms with Crippen molar-refractivity contribution < 1.29 is 27.5 Å². The van der Waals surface area contributed by atoms with Crippen molar-refractivity contribution in [3.8, 4) is 11.4 Å². The number of aliphatic hydroxyl groups excluding tert-OH is 1. The van der Waals surface area contributed by atoms with E-state index in [-0.39, 0.29) is 40.7 Å². The minimum atomic E-state index is -4.65. The van der Waals surface area contributed by atoms with Crippen molar-refractivity contribution in [1.82, 2.24) is 9.55 Å². The first-order valence-corrected chi connectivity index (χ1v) is 10.0. The molecule has 0 aliphatic carbocycles.